The Morgan fingerprint density at radius 2 is 1.94 bits per heavy atom. The lowest BCUT2D eigenvalue weighted by atomic mass is 10.1. The van der Waals surface area contributed by atoms with Gasteiger partial charge in [-0.1, -0.05) is 12.1 Å². The maximum Gasteiger partial charge on any atom is 0.410 e. The van der Waals surface area contributed by atoms with Gasteiger partial charge in [0.05, 0.1) is 19.2 Å². The number of aromatic nitrogens is 3. The van der Waals surface area contributed by atoms with Crippen LogP contribution in [0.4, 0.5) is 16.3 Å². The van der Waals surface area contributed by atoms with Crippen LogP contribution in [0.2, 0.25) is 0 Å². The monoisotopic (exact) mass is 466 g/mol. The number of amides is 2. The Balaban J connectivity index is 1.65. The second kappa shape index (κ2) is 10.9. The molecule has 0 bridgehead atoms. The van der Waals surface area contributed by atoms with E-state index in [4.69, 9.17) is 9.84 Å². The van der Waals surface area contributed by atoms with Crippen molar-refractivity contribution in [3.05, 3.63) is 75.0 Å². The van der Waals surface area contributed by atoms with Crippen LogP contribution in [0.15, 0.2) is 41.5 Å². The Bertz CT molecular complexity index is 1260. The first-order valence-electron chi connectivity index (χ1n) is 10.4. The van der Waals surface area contributed by atoms with Crippen LogP contribution >= 0.6 is 0 Å². The minimum Gasteiger partial charge on any atom is -0.481 e. The predicted octanol–water partition coefficient (Wildman–Crippen LogP) is 2.35. The van der Waals surface area contributed by atoms with Crippen molar-refractivity contribution in [2.45, 2.75) is 33.4 Å². The molecule has 0 atom stereocenters. The van der Waals surface area contributed by atoms with Crippen LogP contribution in [0.5, 0.6) is 5.88 Å². The average molecular weight is 466 g/mol. The summed E-state index contributed by atoms with van der Waals surface area (Å²) in [7, 11) is 1.55. The van der Waals surface area contributed by atoms with Gasteiger partial charge >= 0.3 is 6.09 Å². The number of carbonyl (C=O) groups is 2. The van der Waals surface area contributed by atoms with Crippen molar-refractivity contribution < 1.29 is 19.4 Å². The molecule has 0 fully saturated rings. The summed E-state index contributed by atoms with van der Waals surface area (Å²) < 4.78 is 5.26. The number of nitrogens with zero attached hydrogens (tertiary/aromatic N) is 2. The summed E-state index contributed by atoms with van der Waals surface area (Å²) in [4.78, 5) is 46.7. The highest BCUT2D eigenvalue weighted by atomic mass is 16.5. The highest BCUT2D eigenvalue weighted by Crippen LogP contribution is 2.19. The van der Waals surface area contributed by atoms with Crippen LogP contribution in [0.1, 0.15) is 27.9 Å². The predicted molar refractivity (Wildman–Crippen MR) is 126 cm³/mol. The second-order valence-corrected chi connectivity index (χ2v) is 7.49. The molecule has 0 spiro atoms. The van der Waals surface area contributed by atoms with Gasteiger partial charge in [-0.3, -0.25) is 14.9 Å². The van der Waals surface area contributed by atoms with Crippen molar-refractivity contribution >= 4 is 23.5 Å². The van der Waals surface area contributed by atoms with Gasteiger partial charge in [-0.25, -0.2) is 14.8 Å². The van der Waals surface area contributed by atoms with Crippen molar-refractivity contribution in [1.82, 2.24) is 20.3 Å². The third-order valence-electron chi connectivity index (χ3n) is 5.23. The van der Waals surface area contributed by atoms with Crippen molar-refractivity contribution in [3.63, 3.8) is 0 Å². The number of aromatic amines is 1. The minimum absolute atomic E-state index is 0.0992. The van der Waals surface area contributed by atoms with Crippen molar-refractivity contribution in [2.75, 3.05) is 17.7 Å². The Kier molecular flexibility index (Phi) is 7.80. The quantitative estimate of drug-likeness (QED) is 0.321. The molecule has 0 aromatic carbocycles. The van der Waals surface area contributed by atoms with Crippen LogP contribution in [0.25, 0.3) is 0 Å². The van der Waals surface area contributed by atoms with E-state index in [1.54, 1.807) is 39.4 Å². The number of nitrogens with one attached hydrogen (secondary N) is 4. The SMILES string of the molecule is COc1ncccc1CNc1c[nH]c(=O)c(CC(=O)NCc2ccc(NC(=O)O)nc2C)c1C. The lowest BCUT2D eigenvalue weighted by Crippen LogP contribution is -2.28. The van der Waals surface area contributed by atoms with Crippen LogP contribution in [-0.2, 0) is 24.3 Å². The fourth-order valence-electron chi connectivity index (χ4n) is 3.37. The summed E-state index contributed by atoms with van der Waals surface area (Å²) in [5, 5.41) is 17.0. The Morgan fingerprint density at radius 3 is 2.65 bits per heavy atom. The highest BCUT2D eigenvalue weighted by Gasteiger charge is 2.14. The molecule has 0 aliphatic carbocycles. The number of hydrogen-bond donors (Lipinski definition) is 5. The van der Waals surface area contributed by atoms with E-state index in [9.17, 15) is 14.4 Å². The molecule has 178 valence electrons. The van der Waals surface area contributed by atoms with Crippen molar-refractivity contribution in [3.8, 4) is 5.88 Å². The third kappa shape index (κ3) is 6.09. The van der Waals surface area contributed by atoms with Crippen LogP contribution < -0.4 is 26.2 Å². The van der Waals surface area contributed by atoms with Gasteiger partial charge in [0.2, 0.25) is 11.8 Å². The topological polar surface area (TPSA) is 158 Å². The Labute approximate surface area is 195 Å². The first-order valence-corrected chi connectivity index (χ1v) is 10.4. The number of methoxy groups -OCH3 is 1. The number of anilines is 2. The first kappa shape index (κ1) is 24.2. The molecular weight excluding hydrogens is 440 g/mol. The lowest BCUT2D eigenvalue weighted by Gasteiger charge is -2.14. The number of hydrogen-bond acceptors (Lipinski definition) is 7. The fourth-order valence-corrected chi connectivity index (χ4v) is 3.37. The standard InChI is InChI=1S/C23H26N6O5/c1-13-17(9-20(30)26-10-15-6-7-19(28-14(15)2)29-23(32)33)21(31)27-12-18(13)25-11-16-5-4-8-24-22(16)34-3/h4-8,12,25H,9-11H2,1-3H3,(H,26,30)(H,27,31)(H,28,29)(H,32,33). The zero-order chi connectivity index (χ0) is 24.7. The van der Waals surface area contributed by atoms with Gasteiger partial charge in [-0.05, 0) is 37.1 Å². The van der Waals surface area contributed by atoms with Crippen LogP contribution in [0.3, 0.4) is 0 Å². The number of H-pyrrole nitrogens is 1. The molecule has 5 N–H and O–H groups in total. The van der Waals surface area contributed by atoms with E-state index in [-0.39, 0.29) is 30.2 Å². The molecule has 0 aliphatic heterocycles. The van der Waals surface area contributed by atoms with Crippen LogP contribution in [0, 0.1) is 13.8 Å². The van der Waals surface area contributed by atoms with E-state index in [0.29, 0.717) is 34.9 Å². The van der Waals surface area contributed by atoms with Gasteiger partial charge in [-0.15, -0.1) is 0 Å². The number of carbonyl (C=O) groups excluding carboxylic acids is 1. The summed E-state index contributed by atoms with van der Waals surface area (Å²) in [6.45, 7) is 4.12. The third-order valence-corrected chi connectivity index (χ3v) is 5.23. The zero-order valence-corrected chi connectivity index (χ0v) is 19.1. The van der Waals surface area contributed by atoms with Crippen molar-refractivity contribution in [2.24, 2.45) is 0 Å². The molecule has 0 radical (unpaired) electrons. The molecule has 34 heavy (non-hydrogen) atoms. The molecule has 2 amide bonds. The van der Waals surface area contributed by atoms with Gasteiger partial charge in [0.15, 0.2) is 0 Å². The molecular formula is C23H26N6O5. The Morgan fingerprint density at radius 1 is 1.15 bits per heavy atom. The van der Waals surface area contributed by atoms with E-state index in [1.165, 1.54) is 6.07 Å². The number of ether oxygens (including phenoxy) is 1. The molecule has 3 aromatic rings. The number of rotatable bonds is 9. The van der Waals surface area contributed by atoms with E-state index in [1.807, 2.05) is 12.1 Å². The van der Waals surface area contributed by atoms with E-state index >= 15 is 0 Å². The molecule has 0 unspecified atom stereocenters. The number of pyridine rings is 3. The van der Waals surface area contributed by atoms with Gasteiger partial charge in [0.1, 0.15) is 5.82 Å². The van der Waals surface area contributed by atoms with Gasteiger partial charge < -0.3 is 25.5 Å². The van der Waals surface area contributed by atoms with E-state index < -0.39 is 6.09 Å². The van der Waals surface area contributed by atoms with E-state index in [2.05, 4.69) is 30.9 Å². The largest absolute Gasteiger partial charge is 0.481 e. The molecule has 11 nitrogen and oxygen atoms in total. The lowest BCUT2D eigenvalue weighted by molar-refractivity contribution is -0.120. The Hall–Kier alpha value is -4.41. The zero-order valence-electron chi connectivity index (χ0n) is 19.1. The highest BCUT2D eigenvalue weighted by molar-refractivity contribution is 5.81. The van der Waals surface area contributed by atoms with Crippen molar-refractivity contribution in [1.29, 1.82) is 0 Å². The molecule has 0 saturated carbocycles. The van der Waals surface area contributed by atoms with Gasteiger partial charge in [-0.2, -0.15) is 0 Å². The van der Waals surface area contributed by atoms with Crippen LogP contribution in [-0.4, -0.2) is 39.2 Å². The second-order valence-electron chi connectivity index (χ2n) is 7.49. The minimum atomic E-state index is -1.20. The first-order chi connectivity index (χ1) is 16.3. The number of aryl methyl sites for hydroxylation is 1. The molecule has 0 saturated heterocycles. The summed E-state index contributed by atoms with van der Waals surface area (Å²) in [6.07, 6.45) is 1.91. The molecule has 0 aliphatic rings. The van der Waals surface area contributed by atoms with Gasteiger partial charge in [0.25, 0.3) is 5.56 Å². The maximum atomic E-state index is 12.6. The maximum absolute atomic E-state index is 12.6. The number of carboxylic acid groups (broad SMARTS) is 1. The molecule has 3 aromatic heterocycles. The summed E-state index contributed by atoms with van der Waals surface area (Å²) in [6, 6.07) is 6.89. The fraction of sp³-hybridized carbons (Fsp3) is 0.261. The molecule has 11 heteroatoms. The normalized spacial score (nSPS) is 10.4. The van der Waals surface area contributed by atoms with E-state index in [0.717, 1.165) is 11.1 Å². The summed E-state index contributed by atoms with van der Waals surface area (Å²) >= 11 is 0. The molecule has 3 heterocycles. The summed E-state index contributed by atoms with van der Waals surface area (Å²) in [5.41, 5.74) is 3.55. The molecule has 3 rings (SSSR count). The average Bonchev–Trinajstić information content (AvgIpc) is 2.80. The smallest absolute Gasteiger partial charge is 0.410 e. The summed E-state index contributed by atoms with van der Waals surface area (Å²) in [5.74, 6) is 0.385. The van der Waals surface area contributed by atoms with Gasteiger partial charge in [0, 0.05) is 42.3 Å².